The lowest BCUT2D eigenvalue weighted by atomic mass is 10.1. The molecule has 116 valence electrons. The van der Waals surface area contributed by atoms with Gasteiger partial charge in [-0.25, -0.2) is 0 Å². The first-order valence-electron chi connectivity index (χ1n) is 7.17. The van der Waals surface area contributed by atoms with Gasteiger partial charge in [-0.1, -0.05) is 18.2 Å². The number of carbonyl (C=O) groups is 2. The molecule has 0 bridgehead atoms. The topological polar surface area (TPSA) is 49.9 Å². The highest BCUT2D eigenvalue weighted by Gasteiger charge is 2.17. The maximum absolute atomic E-state index is 12.2. The zero-order valence-corrected chi connectivity index (χ0v) is 13.3. The van der Waals surface area contributed by atoms with Crippen molar-refractivity contribution < 1.29 is 14.3 Å². The average molecular weight is 292 g/mol. The van der Waals surface area contributed by atoms with Crippen molar-refractivity contribution in [2.75, 3.05) is 33.8 Å². The highest BCUT2D eigenvalue weighted by Crippen LogP contribution is 2.18. The SMILES string of the molecule is CCN(CC)C(=O)CN(C)C(=O)Cc1ccccc1OC. The van der Waals surface area contributed by atoms with Gasteiger partial charge in [0.05, 0.1) is 20.1 Å². The minimum Gasteiger partial charge on any atom is -0.496 e. The van der Waals surface area contributed by atoms with Crippen molar-refractivity contribution in [1.29, 1.82) is 0 Å². The number of carbonyl (C=O) groups excluding carboxylic acids is 2. The summed E-state index contributed by atoms with van der Waals surface area (Å²) in [6.45, 7) is 5.28. The second-order valence-electron chi connectivity index (χ2n) is 4.80. The maximum atomic E-state index is 12.2. The van der Waals surface area contributed by atoms with E-state index < -0.39 is 0 Å². The van der Waals surface area contributed by atoms with Gasteiger partial charge in [0.1, 0.15) is 5.75 Å². The van der Waals surface area contributed by atoms with E-state index in [1.807, 2.05) is 38.1 Å². The van der Waals surface area contributed by atoms with E-state index in [-0.39, 0.29) is 24.8 Å². The summed E-state index contributed by atoms with van der Waals surface area (Å²) in [6.07, 6.45) is 0.228. The van der Waals surface area contributed by atoms with Crippen LogP contribution >= 0.6 is 0 Å². The van der Waals surface area contributed by atoms with E-state index >= 15 is 0 Å². The van der Waals surface area contributed by atoms with Gasteiger partial charge in [0.2, 0.25) is 11.8 Å². The van der Waals surface area contributed by atoms with Crippen LogP contribution in [0.25, 0.3) is 0 Å². The molecular formula is C16H24N2O3. The molecule has 0 aromatic heterocycles. The molecule has 0 aliphatic rings. The maximum Gasteiger partial charge on any atom is 0.242 e. The molecule has 0 N–H and O–H groups in total. The highest BCUT2D eigenvalue weighted by molar-refractivity contribution is 5.86. The van der Waals surface area contributed by atoms with E-state index in [0.717, 1.165) is 5.56 Å². The van der Waals surface area contributed by atoms with Crippen molar-refractivity contribution >= 4 is 11.8 Å². The minimum atomic E-state index is -0.0972. The summed E-state index contributed by atoms with van der Waals surface area (Å²) < 4.78 is 5.23. The summed E-state index contributed by atoms with van der Waals surface area (Å²) in [7, 11) is 3.23. The first-order valence-corrected chi connectivity index (χ1v) is 7.17. The third-order valence-electron chi connectivity index (χ3n) is 3.45. The number of rotatable bonds is 7. The predicted molar refractivity (Wildman–Crippen MR) is 82.3 cm³/mol. The number of ether oxygens (including phenoxy) is 1. The van der Waals surface area contributed by atoms with Crippen LogP contribution in [0.5, 0.6) is 5.75 Å². The molecule has 0 aliphatic carbocycles. The average Bonchev–Trinajstić information content (AvgIpc) is 2.48. The van der Waals surface area contributed by atoms with Gasteiger partial charge in [-0.15, -0.1) is 0 Å². The number of amides is 2. The Kier molecular flexibility index (Phi) is 6.72. The van der Waals surface area contributed by atoms with E-state index in [4.69, 9.17) is 4.74 Å². The van der Waals surface area contributed by atoms with Crippen LogP contribution in [0.15, 0.2) is 24.3 Å². The normalized spacial score (nSPS) is 10.1. The number of hydrogen-bond acceptors (Lipinski definition) is 3. The monoisotopic (exact) mass is 292 g/mol. The van der Waals surface area contributed by atoms with Crippen molar-refractivity contribution in [1.82, 2.24) is 9.80 Å². The van der Waals surface area contributed by atoms with Crippen LogP contribution in [0.1, 0.15) is 19.4 Å². The summed E-state index contributed by atoms with van der Waals surface area (Å²) >= 11 is 0. The number of hydrogen-bond donors (Lipinski definition) is 0. The fraction of sp³-hybridized carbons (Fsp3) is 0.500. The molecule has 0 fully saturated rings. The van der Waals surface area contributed by atoms with Gasteiger partial charge in [0, 0.05) is 25.7 Å². The van der Waals surface area contributed by atoms with Gasteiger partial charge in [-0.2, -0.15) is 0 Å². The van der Waals surface area contributed by atoms with Crippen LogP contribution in [-0.2, 0) is 16.0 Å². The number of benzene rings is 1. The van der Waals surface area contributed by atoms with Crippen LogP contribution in [0, 0.1) is 0 Å². The summed E-state index contributed by atoms with van der Waals surface area (Å²) in [5.41, 5.74) is 0.826. The quantitative estimate of drug-likeness (QED) is 0.766. The van der Waals surface area contributed by atoms with Crippen LogP contribution in [-0.4, -0.2) is 55.4 Å². The summed E-state index contributed by atoms with van der Waals surface area (Å²) in [5, 5.41) is 0. The molecule has 5 nitrogen and oxygen atoms in total. The molecular weight excluding hydrogens is 268 g/mol. The lowest BCUT2D eigenvalue weighted by molar-refractivity contribution is -0.138. The molecule has 0 saturated heterocycles. The Bertz CT molecular complexity index is 484. The second-order valence-corrected chi connectivity index (χ2v) is 4.80. The van der Waals surface area contributed by atoms with Gasteiger partial charge < -0.3 is 14.5 Å². The van der Waals surface area contributed by atoms with Crippen molar-refractivity contribution in [2.45, 2.75) is 20.3 Å². The summed E-state index contributed by atoms with van der Waals surface area (Å²) in [4.78, 5) is 27.4. The predicted octanol–water partition coefficient (Wildman–Crippen LogP) is 1.56. The van der Waals surface area contributed by atoms with Crippen molar-refractivity contribution in [3.63, 3.8) is 0 Å². The molecule has 5 heteroatoms. The van der Waals surface area contributed by atoms with Gasteiger partial charge in [-0.3, -0.25) is 9.59 Å². The molecule has 0 aliphatic heterocycles. The molecule has 1 aromatic rings. The van der Waals surface area contributed by atoms with Crippen LogP contribution in [0.2, 0.25) is 0 Å². The molecule has 0 unspecified atom stereocenters. The number of methoxy groups -OCH3 is 1. The van der Waals surface area contributed by atoms with Crippen LogP contribution in [0.3, 0.4) is 0 Å². The third-order valence-corrected chi connectivity index (χ3v) is 3.45. The zero-order chi connectivity index (χ0) is 15.8. The first kappa shape index (κ1) is 17.0. The first-order chi connectivity index (χ1) is 10.0. The van der Waals surface area contributed by atoms with Gasteiger partial charge in [-0.05, 0) is 19.9 Å². The molecule has 0 heterocycles. The molecule has 1 aromatic carbocycles. The molecule has 0 radical (unpaired) electrons. The Balaban J connectivity index is 2.64. The fourth-order valence-corrected chi connectivity index (χ4v) is 2.11. The Labute approximate surface area is 126 Å². The Morgan fingerprint density at radius 3 is 2.29 bits per heavy atom. The lowest BCUT2D eigenvalue weighted by Gasteiger charge is -2.23. The molecule has 0 saturated carbocycles. The van der Waals surface area contributed by atoms with Crippen molar-refractivity contribution in [2.24, 2.45) is 0 Å². The summed E-state index contributed by atoms with van der Waals surface area (Å²) in [5.74, 6) is 0.560. The molecule has 1 rings (SSSR count). The van der Waals surface area contributed by atoms with Crippen LogP contribution in [0.4, 0.5) is 0 Å². The fourth-order valence-electron chi connectivity index (χ4n) is 2.11. The highest BCUT2D eigenvalue weighted by atomic mass is 16.5. The number of para-hydroxylation sites is 1. The molecule has 2 amide bonds. The van der Waals surface area contributed by atoms with E-state index in [1.165, 1.54) is 4.90 Å². The smallest absolute Gasteiger partial charge is 0.242 e. The van der Waals surface area contributed by atoms with E-state index in [1.54, 1.807) is 19.1 Å². The van der Waals surface area contributed by atoms with Crippen molar-refractivity contribution in [3.8, 4) is 5.75 Å². The van der Waals surface area contributed by atoms with Gasteiger partial charge in [0.25, 0.3) is 0 Å². The van der Waals surface area contributed by atoms with E-state index in [2.05, 4.69) is 0 Å². The van der Waals surface area contributed by atoms with Gasteiger partial charge >= 0.3 is 0 Å². The van der Waals surface area contributed by atoms with Crippen molar-refractivity contribution in [3.05, 3.63) is 29.8 Å². The Morgan fingerprint density at radius 1 is 1.10 bits per heavy atom. The number of likely N-dealkylation sites (N-methyl/N-ethyl adjacent to an activating group) is 2. The molecule has 0 spiro atoms. The van der Waals surface area contributed by atoms with E-state index in [0.29, 0.717) is 18.8 Å². The minimum absolute atomic E-state index is 0.0316. The molecule has 21 heavy (non-hydrogen) atoms. The lowest BCUT2D eigenvalue weighted by Crippen LogP contribution is -2.41. The van der Waals surface area contributed by atoms with Crippen LogP contribution < -0.4 is 4.74 Å². The standard InChI is InChI=1S/C16H24N2O3/c1-5-18(6-2)16(20)12-17(3)15(19)11-13-9-7-8-10-14(13)21-4/h7-10H,5-6,11-12H2,1-4H3. The Morgan fingerprint density at radius 2 is 1.71 bits per heavy atom. The molecule has 0 atom stereocenters. The summed E-state index contributed by atoms with van der Waals surface area (Å²) in [6, 6.07) is 7.41. The largest absolute Gasteiger partial charge is 0.496 e. The zero-order valence-electron chi connectivity index (χ0n) is 13.3. The number of nitrogens with zero attached hydrogens (tertiary/aromatic N) is 2. The van der Waals surface area contributed by atoms with Gasteiger partial charge in [0.15, 0.2) is 0 Å². The Hall–Kier alpha value is -2.04. The van der Waals surface area contributed by atoms with E-state index in [9.17, 15) is 9.59 Å². The third kappa shape index (κ3) is 4.77. The second kappa shape index (κ2) is 8.29.